The molecular formula is C8H15F2NO. The lowest BCUT2D eigenvalue weighted by Gasteiger charge is -2.13. The lowest BCUT2D eigenvalue weighted by atomic mass is 10.1. The summed E-state index contributed by atoms with van der Waals surface area (Å²) in [4.78, 5) is 11.0. The van der Waals surface area contributed by atoms with Crippen LogP contribution in [0.4, 0.5) is 8.78 Å². The highest BCUT2D eigenvalue weighted by atomic mass is 19.3. The molecule has 1 amide bonds. The molecule has 1 unspecified atom stereocenters. The molecule has 0 heterocycles. The normalized spacial score (nSPS) is 14.1. The zero-order valence-electron chi connectivity index (χ0n) is 7.66. The minimum atomic E-state index is -2.82. The van der Waals surface area contributed by atoms with Crippen molar-refractivity contribution >= 4 is 5.91 Å². The van der Waals surface area contributed by atoms with Gasteiger partial charge < -0.3 is 5.32 Å². The summed E-state index contributed by atoms with van der Waals surface area (Å²) in [6, 6.07) is 0. The minimum Gasteiger partial charge on any atom is -0.350 e. The Kier molecular flexibility index (Phi) is 4.13. The zero-order valence-corrected chi connectivity index (χ0v) is 7.66. The first-order valence-corrected chi connectivity index (χ1v) is 4.02. The van der Waals surface area contributed by atoms with Crippen LogP contribution < -0.4 is 5.32 Å². The van der Waals surface area contributed by atoms with Gasteiger partial charge in [0.2, 0.25) is 5.91 Å². The summed E-state index contributed by atoms with van der Waals surface area (Å²) in [6.07, 6.45) is 0.668. The van der Waals surface area contributed by atoms with Crippen molar-refractivity contribution in [2.24, 2.45) is 5.92 Å². The third-order valence-corrected chi connectivity index (χ3v) is 1.63. The number of halogens is 2. The van der Waals surface area contributed by atoms with Crippen molar-refractivity contribution in [3.05, 3.63) is 0 Å². The summed E-state index contributed by atoms with van der Waals surface area (Å²) in [5, 5.41) is 2.18. The van der Waals surface area contributed by atoms with Gasteiger partial charge in [0, 0.05) is 12.8 Å². The van der Waals surface area contributed by atoms with Crippen LogP contribution in [0.15, 0.2) is 0 Å². The van der Waals surface area contributed by atoms with E-state index in [4.69, 9.17) is 0 Å². The zero-order chi connectivity index (χ0) is 9.78. The van der Waals surface area contributed by atoms with Crippen molar-refractivity contribution in [3.8, 4) is 0 Å². The fraction of sp³-hybridized carbons (Fsp3) is 0.875. The highest BCUT2D eigenvalue weighted by molar-refractivity contribution is 5.78. The van der Waals surface area contributed by atoms with Crippen molar-refractivity contribution in [3.63, 3.8) is 0 Å². The van der Waals surface area contributed by atoms with E-state index in [2.05, 4.69) is 5.32 Å². The first-order chi connectivity index (χ1) is 5.37. The van der Waals surface area contributed by atoms with Crippen molar-refractivity contribution < 1.29 is 13.6 Å². The van der Waals surface area contributed by atoms with Crippen LogP contribution in [0.25, 0.3) is 0 Å². The molecule has 0 spiro atoms. The molecule has 0 aliphatic heterocycles. The summed E-state index contributed by atoms with van der Waals surface area (Å²) in [5.41, 5.74) is 0. The fourth-order valence-electron chi connectivity index (χ4n) is 0.602. The molecule has 0 radical (unpaired) electrons. The van der Waals surface area contributed by atoms with Crippen LogP contribution in [-0.4, -0.2) is 18.4 Å². The van der Waals surface area contributed by atoms with Gasteiger partial charge in [0.15, 0.2) is 0 Å². The van der Waals surface area contributed by atoms with Crippen molar-refractivity contribution in [2.45, 2.75) is 33.1 Å². The van der Waals surface area contributed by atoms with E-state index in [1.807, 2.05) is 6.92 Å². The van der Waals surface area contributed by atoms with Crippen molar-refractivity contribution in [1.29, 1.82) is 0 Å². The minimum absolute atomic E-state index is 0.188. The van der Waals surface area contributed by atoms with Gasteiger partial charge in [-0.15, -0.1) is 0 Å². The van der Waals surface area contributed by atoms with Gasteiger partial charge in [0.25, 0.3) is 5.92 Å². The third-order valence-electron chi connectivity index (χ3n) is 1.63. The van der Waals surface area contributed by atoms with Crippen LogP contribution in [0.3, 0.4) is 0 Å². The molecule has 72 valence electrons. The van der Waals surface area contributed by atoms with Crippen molar-refractivity contribution in [1.82, 2.24) is 5.32 Å². The quantitative estimate of drug-likeness (QED) is 0.700. The lowest BCUT2D eigenvalue weighted by Crippen LogP contribution is -2.37. The highest BCUT2D eigenvalue weighted by Gasteiger charge is 2.22. The number of hydrogen-bond acceptors (Lipinski definition) is 1. The molecule has 0 saturated heterocycles. The maximum absolute atomic E-state index is 12.2. The SMILES string of the molecule is CCC(C)C(=O)NCC(C)(F)F. The second-order valence-corrected chi connectivity index (χ2v) is 3.10. The van der Waals surface area contributed by atoms with Crippen LogP contribution in [0, 0.1) is 5.92 Å². The van der Waals surface area contributed by atoms with Crippen molar-refractivity contribution in [2.75, 3.05) is 6.54 Å². The number of amides is 1. The molecule has 0 rings (SSSR count). The maximum Gasteiger partial charge on any atom is 0.262 e. The molecular weight excluding hydrogens is 164 g/mol. The molecule has 0 aromatic rings. The first-order valence-electron chi connectivity index (χ1n) is 4.02. The average Bonchev–Trinajstić information content (AvgIpc) is 1.97. The summed E-state index contributed by atoms with van der Waals surface area (Å²) in [6.45, 7) is 3.76. The van der Waals surface area contributed by atoms with Gasteiger partial charge in [-0.25, -0.2) is 8.78 Å². The van der Waals surface area contributed by atoms with Crippen LogP contribution in [0.1, 0.15) is 27.2 Å². The lowest BCUT2D eigenvalue weighted by molar-refractivity contribution is -0.126. The molecule has 0 bridgehead atoms. The number of hydrogen-bond donors (Lipinski definition) is 1. The van der Waals surface area contributed by atoms with Gasteiger partial charge in [-0.2, -0.15) is 0 Å². The number of alkyl halides is 2. The fourth-order valence-corrected chi connectivity index (χ4v) is 0.602. The standard InChI is InChI=1S/C8H15F2NO/c1-4-6(2)7(12)11-5-8(3,9)10/h6H,4-5H2,1-3H3,(H,11,12). The van der Waals surface area contributed by atoms with Gasteiger partial charge in [0.05, 0.1) is 6.54 Å². The molecule has 1 N–H and O–H groups in total. The van der Waals surface area contributed by atoms with E-state index in [-0.39, 0.29) is 11.8 Å². The van der Waals surface area contributed by atoms with E-state index >= 15 is 0 Å². The second-order valence-electron chi connectivity index (χ2n) is 3.10. The van der Waals surface area contributed by atoms with E-state index in [1.165, 1.54) is 0 Å². The van der Waals surface area contributed by atoms with Crippen LogP contribution in [0.5, 0.6) is 0 Å². The molecule has 0 saturated carbocycles. The first kappa shape index (κ1) is 11.3. The van der Waals surface area contributed by atoms with Crippen LogP contribution in [-0.2, 0) is 4.79 Å². The van der Waals surface area contributed by atoms with Gasteiger partial charge >= 0.3 is 0 Å². The Hall–Kier alpha value is -0.670. The number of carbonyl (C=O) groups is 1. The molecule has 0 aliphatic carbocycles. The Bertz CT molecular complexity index is 154. The van der Waals surface area contributed by atoms with Gasteiger partial charge in [-0.05, 0) is 6.42 Å². The Labute approximate surface area is 71.3 Å². The van der Waals surface area contributed by atoms with Gasteiger partial charge in [-0.1, -0.05) is 13.8 Å². The molecule has 1 atom stereocenters. The van der Waals surface area contributed by atoms with Crippen LogP contribution in [0.2, 0.25) is 0 Å². The highest BCUT2D eigenvalue weighted by Crippen LogP contribution is 2.09. The summed E-state index contributed by atoms with van der Waals surface area (Å²) < 4.78 is 24.5. The molecule has 0 aromatic carbocycles. The molecule has 0 fully saturated rings. The third kappa shape index (κ3) is 5.04. The van der Waals surface area contributed by atoms with Crippen LogP contribution >= 0.6 is 0 Å². The van der Waals surface area contributed by atoms with E-state index in [0.717, 1.165) is 6.92 Å². The Morgan fingerprint density at radius 3 is 2.42 bits per heavy atom. The molecule has 0 aromatic heterocycles. The number of carbonyl (C=O) groups excluding carboxylic acids is 1. The van der Waals surface area contributed by atoms with E-state index in [1.54, 1.807) is 6.92 Å². The molecule has 12 heavy (non-hydrogen) atoms. The second kappa shape index (κ2) is 4.38. The molecule has 0 aliphatic rings. The largest absolute Gasteiger partial charge is 0.350 e. The smallest absolute Gasteiger partial charge is 0.262 e. The molecule has 4 heteroatoms. The van der Waals surface area contributed by atoms with E-state index < -0.39 is 12.5 Å². The molecule has 2 nitrogen and oxygen atoms in total. The van der Waals surface area contributed by atoms with Gasteiger partial charge in [-0.3, -0.25) is 4.79 Å². The summed E-state index contributed by atoms with van der Waals surface area (Å²) >= 11 is 0. The maximum atomic E-state index is 12.2. The van der Waals surface area contributed by atoms with Gasteiger partial charge in [0.1, 0.15) is 0 Å². The Balaban J connectivity index is 3.72. The summed E-state index contributed by atoms with van der Waals surface area (Å²) in [5.74, 6) is -3.31. The average molecular weight is 179 g/mol. The predicted octanol–water partition coefficient (Wildman–Crippen LogP) is 1.80. The number of nitrogens with one attached hydrogen (secondary N) is 1. The predicted molar refractivity (Wildman–Crippen MR) is 43.1 cm³/mol. The Morgan fingerprint density at radius 1 is 1.58 bits per heavy atom. The number of rotatable bonds is 4. The van der Waals surface area contributed by atoms with E-state index in [0.29, 0.717) is 6.42 Å². The Morgan fingerprint density at radius 2 is 2.08 bits per heavy atom. The summed E-state index contributed by atoms with van der Waals surface area (Å²) in [7, 11) is 0. The topological polar surface area (TPSA) is 29.1 Å². The van der Waals surface area contributed by atoms with E-state index in [9.17, 15) is 13.6 Å². The monoisotopic (exact) mass is 179 g/mol.